The Morgan fingerprint density at radius 1 is 1.35 bits per heavy atom. The number of carbonyl (C=O) groups is 2. The second-order valence-corrected chi connectivity index (χ2v) is 3.13. The Labute approximate surface area is 96.5 Å². The number of nitriles is 1. The summed E-state index contributed by atoms with van der Waals surface area (Å²) in [6, 6.07) is 4.75. The Balaban J connectivity index is 3.07. The largest absolute Gasteiger partial charge is 0.480 e. The van der Waals surface area contributed by atoms with Gasteiger partial charge in [-0.25, -0.2) is 4.98 Å². The van der Waals surface area contributed by atoms with E-state index in [1.807, 2.05) is 0 Å². The van der Waals surface area contributed by atoms with Crippen LogP contribution in [0.5, 0.6) is 0 Å². The highest BCUT2D eigenvalue weighted by molar-refractivity contribution is 5.80. The smallest absolute Gasteiger partial charge is 0.323 e. The lowest BCUT2D eigenvalue weighted by Gasteiger charge is -2.20. The molecule has 2 N–H and O–H groups in total. The van der Waals surface area contributed by atoms with Crippen molar-refractivity contribution in [2.45, 2.75) is 0 Å². The number of aromatic nitrogens is 1. The maximum absolute atomic E-state index is 10.6. The summed E-state index contributed by atoms with van der Waals surface area (Å²) in [6.07, 6.45) is 1.38. The molecule has 1 aromatic rings. The highest BCUT2D eigenvalue weighted by Gasteiger charge is 2.17. The van der Waals surface area contributed by atoms with Gasteiger partial charge in [0.15, 0.2) is 5.69 Å². The van der Waals surface area contributed by atoms with Gasteiger partial charge in [-0.15, -0.1) is 0 Å². The predicted octanol–water partition coefficient (Wildman–Crippen LogP) is -0.0711. The second-order valence-electron chi connectivity index (χ2n) is 3.13. The van der Waals surface area contributed by atoms with Crippen LogP contribution < -0.4 is 4.90 Å². The third-order valence-electron chi connectivity index (χ3n) is 1.89. The van der Waals surface area contributed by atoms with E-state index in [0.29, 0.717) is 0 Å². The lowest BCUT2D eigenvalue weighted by molar-refractivity contribution is -0.136. The van der Waals surface area contributed by atoms with Crippen LogP contribution in [0.25, 0.3) is 0 Å². The Kier molecular flexibility index (Phi) is 4.00. The number of carboxylic acids is 2. The summed E-state index contributed by atoms with van der Waals surface area (Å²) in [5.74, 6) is -2.36. The fourth-order valence-corrected chi connectivity index (χ4v) is 1.29. The summed E-state index contributed by atoms with van der Waals surface area (Å²) in [7, 11) is 0. The summed E-state index contributed by atoms with van der Waals surface area (Å²) < 4.78 is 0. The molecule has 7 nitrogen and oxygen atoms in total. The van der Waals surface area contributed by atoms with Crippen LogP contribution in [0.4, 0.5) is 5.69 Å². The minimum absolute atomic E-state index is 0.00463. The quantitative estimate of drug-likeness (QED) is 0.733. The third-order valence-corrected chi connectivity index (χ3v) is 1.89. The molecule has 0 saturated carbocycles. The Hall–Kier alpha value is -2.62. The number of anilines is 1. The minimum atomic E-state index is -1.18. The zero-order valence-electron chi connectivity index (χ0n) is 8.70. The first-order valence-corrected chi connectivity index (χ1v) is 4.58. The van der Waals surface area contributed by atoms with Gasteiger partial charge in [-0.2, -0.15) is 5.26 Å². The lowest BCUT2D eigenvalue weighted by atomic mass is 10.2. The van der Waals surface area contributed by atoms with Crippen molar-refractivity contribution >= 4 is 17.6 Å². The molecule has 0 amide bonds. The van der Waals surface area contributed by atoms with Gasteiger partial charge in [-0.1, -0.05) is 0 Å². The van der Waals surface area contributed by atoms with Gasteiger partial charge in [0.1, 0.15) is 19.2 Å². The van der Waals surface area contributed by atoms with E-state index in [4.69, 9.17) is 15.5 Å². The molecule has 0 aromatic carbocycles. The van der Waals surface area contributed by atoms with Crippen LogP contribution >= 0.6 is 0 Å². The normalized spacial score (nSPS) is 9.35. The van der Waals surface area contributed by atoms with E-state index < -0.39 is 25.0 Å². The highest BCUT2D eigenvalue weighted by atomic mass is 16.4. The van der Waals surface area contributed by atoms with E-state index in [-0.39, 0.29) is 11.4 Å². The number of hydrogen-bond acceptors (Lipinski definition) is 5. The van der Waals surface area contributed by atoms with Crippen LogP contribution in [-0.4, -0.2) is 40.2 Å². The summed E-state index contributed by atoms with van der Waals surface area (Å²) in [5, 5.41) is 26.2. The molecule has 17 heavy (non-hydrogen) atoms. The second kappa shape index (κ2) is 5.46. The zero-order valence-corrected chi connectivity index (χ0v) is 8.70. The summed E-state index contributed by atoms with van der Waals surface area (Å²) in [5.41, 5.74) is 0.190. The molecule has 1 rings (SSSR count). The first-order valence-electron chi connectivity index (χ1n) is 4.58. The molecule has 0 aliphatic heterocycles. The molecule has 0 aliphatic rings. The molecule has 0 spiro atoms. The van der Waals surface area contributed by atoms with Crippen LogP contribution in [0, 0.1) is 11.3 Å². The molecule has 0 radical (unpaired) electrons. The maximum Gasteiger partial charge on any atom is 0.323 e. The molecule has 0 unspecified atom stereocenters. The van der Waals surface area contributed by atoms with Gasteiger partial charge in [0.2, 0.25) is 0 Å². The van der Waals surface area contributed by atoms with Crippen molar-refractivity contribution in [2.75, 3.05) is 18.0 Å². The van der Waals surface area contributed by atoms with E-state index in [2.05, 4.69) is 4.98 Å². The standard InChI is InChI=1S/C10H9N3O4/c11-4-7-8(2-1-3-12-7)13(5-9(14)15)6-10(16)17/h1-3H,5-6H2,(H,14,15)(H,16,17). The molecular weight excluding hydrogens is 226 g/mol. The van der Waals surface area contributed by atoms with E-state index in [1.54, 1.807) is 6.07 Å². The number of hydrogen-bond donors (Lipinski definition) is 2. The Morgan fingerprint density at radius 3 is 2.41 bits per heavy atom. The van der Waals surface area contributed by atoms with Crippen LogP contribution in [0.15, 0.2) is 18.3 Å². The van der Waals surface area contributed by atoms with Gasteiger partial charge in [0, 0.05) is 6.20 Å². The third kappa shape index (κ3) is 3.46. The summed E-state index contributed by atoms with van der Waals surface area (Å²) in [6.45, 7) is -1.01. The predicted molar refractivity (Wildman–Crippen MR) is 56.4 cm³/mol. The van der Waals surface area contributed by atoms with Gasteiger partial charge in [0.25, 0.3) is 0 Å². The van der Waals surface area contributed by atoms with Gasteiger partial charge < -0.3 is 15.1 Å². The van der Waals surface area contributed by atoms with Crippen LogP contribution in [0.1, 0.15) is 5.69 Å². The fraction of sp³-hybridized carbons (Fsp3) is 0.200. The Bertz CT molecular complexity index is 465. The maximum atomic E-state index is 10.6. The van der Waals surface area contributed by atoms with E-state index in [1.165, 1.54) is 18.3 Å². The van der Waals surface area contributed by atoms with Crippen LogP contribution in [0.2, 0.25) is 0 Å². The molecule has 0 bridgehead atoms. The van der Waals surface area contributed by atoms with Crippen molar-refractivity contribution in [3.8, 4) is 6.07 Å². The molecule has 0 fully saturated rings. The molecule has 1 aromatic heterocycles. The average Bonchev–Trinajstić information content (AvgIpc) is 2.27. The fourth-order valence-electron chi connectivity index (χ4n) is 1.29. The molecule has 7 heteroatoms. The zero-order chi connectivity index (χ0) is 12.8. The minimum Gasteiger partial charge on any atom is -0.480 e. The van der Waals surface area contributed by atoms with Gasteiger partial charge in [-0.3, -0.25) is 9.59 Å². The number of carboxylic acid groups (broad SMARTS) is 2. The van der Waals surface area contributed by atoms with Crippen LogP contribution in [0.3, 0.4) is 0 Å². The SMILES string of the molecule is N#Cc1ncccc1N(CC(=O)O)CC(=O)O. The molecule has 88 valence electrons. The number of pyridine rings is 1. The lowest BCUT2D eigenvalue weighted by Crippen LogP contribution is -2.35. The summed E-state index contributed by atoms with van der Waals surface area (Å²) >= 11 is 0. The molecule has 0 saturated heterocycles. The van der Waals surface area contributed by atoms with Crippen molar-refractivity contribution in [3.63, 3.8) is 0 Å². The van der Waals surface area contributed by atoms with E-state index >= 15 is 0 Å². The Morgan fingerprint density at radius 2 is 1.94 bits per heavy atom. The molecule has 0 aliphatic carbocycles. The number of rotatable bonds is 5. The van der Waals surface area contributed by atoms with Gasteiger partial charge in [0.05, 0.1) is 5.69 Å². The average molecular weight is 235 g/mol. The van der Waals surface area contributed by atoms with E-state index in [9.17, 15) is 9.59 Å². The van der Waals surface area contributed by atoms with Gasteiger partial charge in [-0.05, 0) is 12.1 Å². The number of nitrogens with zero attached hydrogens (tertiary/aromatic N) is 3. The highest BCUT2D eigenvalue weighted by Crippen LogP contribution is 2.16. The van der Waals surface area contributed by atoms with Crippen molar-refractivity contribution in [1.82, 2.24) is 4.98 Å². The van der Waals surface area contributed by atoms with Gasteiger partial charge >= 0.3 is 11.9 Å². The first-order chi connectivity index (χ1) is 8.04. The van der Waals surface area contributed by atoms with Crippen molar-refractivity contribution in [2.24, 2.45) is 0 Å². The first kappa shape index (κ1) is 12.4. The topological polar surface area (TPSA) is 115 Å². The van der Waals surface area contributed by atoms with E-state index in [0.717, 1.165) is 4.90 Å². The molecule has 1 heterocycles. The van der Waals surface area contributed by atoms with Crippen LogP contribution in [-0.2, 0) is 9.59 Å². The number of aliphatic carboxylic acids is 2. The monoisotopic (exact) mass is 235 g/mol. The van der Waals surface area contributed by atoms with Crippen molar-refractivity contribution < 1.29 is 19.8 Å². The summed E-state index contributed by atoms with van der Waals surface area (Å²) in [4.78, 5) is 26.1. The molecule has 0 atom stereocenters. The van der Waals surface area contributed by atoms with Crippen molar-refractivity contribution in [1.29, 1.82) is 5.26 Å². The molecular formula is C10H9N3O4. The van der Waals surface area contributed by atoms with Crippen molar-refractivity contribution in [3.05, 3.63) is 24.0 Å².